The molecule has 1 aliphatic heterocycles. The molecule has 6 nitrogen and oxygen atoms in total. The molecular formula is C17H35N5O. The van der Waals surface area contributed by atoms with Gasteiger partial charge in [0.2, 0.25) is 5.91 Å². The van der Waals surface area contributed by atoms with Crippen molar-refractivity contribution in [3.8, 4) is 0 Å². The van der Waals surface area contributed by atoms with Crippen LogP contribution in [0.15, 0.2) is 4.99 Å². The molecule has 1 fully saturated rings. The largest absolute Gasteiger partial charge is 0.369 e. The number of piperidine rings is 1. The minimum absolute atomic E-state index is 0.243. The quantitative estimate of drug-likeness (QED) is 0.339. The maximum Gasteiger partial charge on any atom is 0.231 e. The zero-order chi connectivity index (χ0) is 17.1. The van der Waals surface area contributed by atoms with Crippen LogP contribution >= 0.6 is 0 Å². The van der Waals surface area contributed by atoms with Gasteiger partial charge in [-0.1, -0.05) is 26.7 Å². The van der Waals surface area contributed by atoms with Crippen LogP contribution < -0.4 is 16.4 Å². The van der Waals surface area contributed by atoms with Gasteiger partial charge >= 0.3 is 0 Å². The molecule has 1 rings (SSSR count). The van der Waals surface area contributed by atoms with E-state index in [9.17, 15) is 4.79 Å². The lowest BCUT2D eigenvalue weighted by Gasteiger charge is -2.32. The van der Waals surface area contributed by atoms with Crippen LogP contribution in [0.3, 0.4) is 0 Å². The summed E-state index contributed by atoms with van der Waals surface area (Å²) in [5.74, 6) is 1.45. The maximum atomic E-state index is 11.0. The number of rotatable bonds is 9. The van der Waals surface area contributed by atoms with Gasteiger partial charge in [0, 0.05) is 32.2 Å². The van der Waals surface area contributed by atoms with E-state index in [-0.39, 0.29) is 5.91 Å². The number of unbranched alkanes of at least 4 members (excludes halogenated alkanes) is 1. The summed E-state index contributed by atoms with van der Waals surface area (Å²) in [6, 6.07) is 0.424. The number of carbonyl (C=O) groups is 1. The van der Waals surface area contributed by atoms with Gasteiger partial charge in [0.15, 0.2) is 5.96 Å². The van der Waals surface area contributed by atoms with Crippen molar-refractivity contribution in [1.82, 2.24) is 15.5 Å². The molecule has 0 aromatic rings. The second-order valence-corrected chi connectivity index (χ2v) is 6.81. The molecule has 0 aromatic heterocycles. The number of nitrogens with one attached hydrogen (secondary N) is 2. The van der Waals surface area contributed by atoms with Crippen molar-refractivity contribution >= 4 is 11.9 Å². The Hall–Kier alpha value is -1.30. The topological polar surface area (TPSA) is 82.8 Å². The number of hydrogen-bond acceptors (Lipinski definition) is 3. The van der Waals surface area contributed by atoms with Crippen molar-refractivity contribution in [2.24, 2.45) is 16.6 Å². The molecule has 4 N–H and O–H groups in total. The summed E-state index contributed by atoms with van der Waals surface area (Å²) in [5, 5.41) is 6.85. The van der Waals surface area contributed by atoms with Crippen LogP contribution in [0.2, 0.25) is 0 Å². The maximum absolute atomic E-state index is 11.0. The van der Waals surface area contributed by atoms with Gasteiger partial charge in [0.25, 0.3) is 0 Å². The van der Waals surface area contributed by atoms with Gasteiger partial charge < -0.3 is 16.4 Å². The van der Waals surface area contributed by atoms with E-state index in [0.29, 0.717) is 12.6 Å². The van der Waals surface area contributed by atoms with E-state index in [4.69, 9.17) is 5.73 Å². The number of guanidine groups is 1. The molecule has 0 unspecified atom stereocenters. The highest BCUT2D eigenvalue weighted by Crippen LogP contribution is 2.10. The summed E-state index contributed by atoms with van der Waals surface area (Å²) in [7, 11) is 0. The molecule has 1 heterocycles. The van der Waals surface area contributed by atoms with Crippen molar-refractivity contribution in [2.75, 3.05) is 32.7 Å². The Morgan fingerprint density at radius 1 is 1.30 bits per heavy atom. The van der Waals surface area contributed by atoms with Crippen LogP contribution in [0.25, 0.3) is 0 Å². The monoisotopic (exact) mass is 325 g/mol. The van der Waals surface area contributed by atoms with Crippen LogP contribution in [-0.4, -0.2) is 55.5 Å². The van der Waals surface area contributed by atoms with Crippen molar-refractivity contribution < 1.29 is 4.79 Å². The lowest BCUT2D eigenvalue weighted by Crippen LogP contribution is -2.49. The molecule has 1 saturated heterocycles. The SMILES string of the molecule is CCNC(=NCCCCC(C)C)NC1CCN(CC(N)=O)CC1. The van der Waals surface area contributed by atoms with Crippen molar-refractivity contribution in [3.63, 3.8) is 0 Å². The third-order valence-corrected chi connectivity index (χ3v) is 4.11. The van der Waals surface area contributed by atoms with Gasteiger partial charge in [0.05, 0.1) is 6.54 Å². The van der Waals surface area contributed by atoms with Gasteiger partial charge in [-0.2, -0.15) is 0 Å². The smallest absolute Gasteiger partial charge is 0.231 e. The fourth-order valence-electron chi connectivity index (χ4n) is 2.82. The van der Waals surface area contributed by atoms with E-state index in [0.717, 1.165) is 57.3 Å². The lowest BCUT2D eigenvalue weighted by atomic mass is 10.1. The third-order valence-electron chi connectivity index (χ3n) is 4.11. The highest BCUT2D eigenvalue weighted by molar-refractivity contribution is 5.80. The van der Waals surface area contributed by atoms with Crippen LogP contribution in [0.4, 0.5) is 0 Å². The molecule has 0 atom stereocenters. The molecule has 134 valence electrons. The molecule has 6 heteroatoms. The molecule has 0 bridgehead atoms. The first-order valence-corrected chi connectivity index (χ1v) is 9.06. The summed E-state index contributed by atoms with van der Waals surface area (Å²) >= 11 is 0. The lowest BCUT2D eigenvalue weighted by molar-refractivity contribution is -0.119. The molecule has 1 aliphatic rings. The fourth-order valence-corrected chi connectivity index (χ4v) is 2.82. The normalized spacial score (nSPS) is 17.5. The summed E-state index contributed by atoms with van der Waals surface area (Å²) in [5.41, 5.74) is 5.25. The molecule has 0 spiro atoms. The number of amides is 1. The first-order chi connectivity index (χ1) is 11.0. The molecule has 0 aromatic carbocycles. The van der Waals surface area contributed by atoms with Gasteiger partial charge in [-0.15, -0.1) is 0 Å². The van der Waals surface area contributed by atoms with Crippen molar-refractivity contribution in [3.05, 3.63) is 0 Å². The number of hydrogen-bond donors (Lipinski definition) is 3. The van der Waals surface area contributed by atoms with E-state index in [2.05, 4.69) is 41.3 Å². The minimum Gasteiger partial charge on any atom is -0.369 e. The first-order valence-electron chi connectivity index (χ1n) is 9.06. The number of primary amides is 1. The van der Waals surface area contributed by atoms with E-state index in [1.807, 2.05) is 0 Å². The molecule has 0 aliphatic carbocycles. The summed E-state index contributed by atoms with van der Waals surface area (Å²) in [6.07, 6.45) is 5.70. The number of aliphatic imine (C=N–C) groups is 1. The number of nitrogens with two attached hydrogens (primary N) is 1. The highest BCUT2D eigenvalue weighted by Gasteiger charge is 2.20. The average Bonchev–Trinajstić information content (AvgIpc) is 2.48. The predicted octanol–water partition coefficient (Wildman–Crippen LogP) is 1.32. The van der Waals surface area contributed by atoms with E-state index < -0.39 is 0 Å². The zero-order valence-corrected chi connectivity index (χ0v) is 15.1. The molecule has 23 heavy (non-hydrogen) atoms. The standard InChI is InChI=1S/C17H35N5O/c1-4-19-17(20-10-6-5-7-14(2)3)21-15-8-11-22(12-9-15)13-16(18)23/h14-15H,4-13H2,1-3H3,(H2,18,23)(H2,19,20,21). The molecule has 0 saturated carbocycles. The Balaban J connectivity index is 2.31. The van der Waals surface area contributed by atoms with E-state index >= 15 is 0 Å². The predicted molar refractivity (Wildman–Crippen MR) is 96.5 cm³/mol. The second-order valence-electron chi connectivity index (χ2n) is 6.81. The van der Waals surface area contributed by atoms with Crippen molar-refractivity contribution in [1.29, 1.82) is 0 Å². The van der Waals surface area contributed by atoms with E-state index in [1.165, 1.54) is 12.8 Å². The Morgan fingerprint density at radius 3 is 2.57 bits per heavy atom. The Bertz CT molecular complexity index is 362. The second kappa shape index (κ2) is 11.3. The zero-order valence-electron chi connectivity index (χ0n) is 15.1. The number of likely N-dealkylation sites (tertiary alicyclic amines) is 1. The van der Waals surface area contributed by atoms with Gasteiger partial charge in [0.1, 0.15) is 0 Å². The van der Waals surface area contributed by atoms with Gasteiger partial charge in [-0.25, -0.2) is 0 Å². The number of nitrogens with zero attached hydrogens (tertiary/aromatic N) is 2. The van der Waals surface area contributed by atoms with E-state index in [1.54, 1.807) is 0 Å². The van der Waals surface area contributed by atoms with Gasteiger partial charge in [-0.05, 0) is 32.1 Å². The molecular weight excluding hydrogens is 290 g/mol. The summed E-state index contributed by atoms with van der Waals surface area (Å²) in [4.78, 5) is 17.8. The molecule has 1 amide bonds. The number of carbonyl (C=O) groups excluding carboxylic acids is 1. The first kappa shape index (κ1) is 19.7. The van der Waals surface area contributed by atoms with Gasteiger partial charge in [-0.3, -0.25) is 14.7 Å². The van der Waals surface area contributed by atoms with Crippen LogP contribution in [0.1, 0.15) is 52.9 Å². The third kappa shape index (κ3) is 9.43. The van der Waals surface area contributed by atoms with Crippen LogP contribution in [-0.2, 0) is 4.79 Å². The Kier molecular flexibility index (Phi) is 9.67. The summed E-state index contributed by atoms with van der Waals surface area (Å²) in [6.45, 7) is 10.6. The Morgan fingerprint density at radius 2 is 2.00 bits per heavy atom. The molecule has 0 radical (unpaired) electrons. The summed E-state index contributed by atoms with van der Waals surface area (Å²) < 4.78 is 0. The fraction of sp³-hybridized carbons (Fsp3) is 0.882. The minimum atomic E-state index is -0.243. The van der Waals surface area contributed by atoms with Crippen LogP contribution in [0.5, 0.6) is 0 Å². The Labute approximate surface area is 141 Å². The van der Waals surface area contributed by atoms with Crippen LogP contribution in [0, 0.1) is 5.92 Å². The highest BCUT2D eigenvalue weighted by atomic mass is 16.1. The average molecular weight is 326 g/mol. The van der Waals surface area contributed by atoms with Crippen molar-refractivity contribution in [2.45, 2.75) is 58.9 Å².